The summed E-state index contributed by atoms with van der Waals surface area (Å²) in [5, 5.41) is 0. The summed E-state index contributed by atoms with van der Waals surface area (Å²) in [7, 11) is 0. The van der Waals surface area contributed by atoms with E-state index >= 15 is 0 Å². The van der Waals surface area contributed by atoms with Gasteiger partial charge in [-0.05, 0) is 11.6 Å². The summed E-state index contributed by atoms with van der Waals surface area (Å²) in [6.07, 6.45) is -0.929. The van der Waals surface area contributed by atoms with E-state index in [1.807, 2.05) is 0 Å². The second-order valence-corrected chi connectivity index (χ2v) is 2.73. The van der Waals surface area contributed by atoms with Gasteiger partial charge < -0.3 is 5.73 Å². The molecule has 1 nitrogen and oxygen atoms in total. The number of alkyl halides is 2. The minimum atomic E-state index is -2.45. The standard InChI is InChI=1S/C10H11F2N/c1-2-9(13)7-4-3-5-8(6-7)10(11)12/h2-6,9-10H,1,13H2/t9-/m1/s1. The van der Waals surface area contributed by atoms with E-state index in [2.05, 4.69) is 6.58 Å². The lowest BCUT2D eigenvalue weighted by atomic mass is 10.1. The number of nitrogens with two attached hydrogens (primary N) is 1. The largest absolute Gasteiger partial charge is 0.321 e. The summed E-state index contributed by atoms with van der Waals surface area (Å²) in [5.74, 6) is 0. The topological polar surface area (TPSA) is 26.0 Å². The molecule has 1 rings (SSSR count). The Morgan fingerprint density at radius 3 is 2.46 bits per heavy atom. The van der Waals surface area contributed by atoms with Crippen LogP contribution in [0.1, 0.15) is 23.6 Å². The van der Waals surface area contributed by atoms with E-state index in [1.54, 1.807) is 12.1 Å². The molecule has 1 atom stereocenters. The molecule has 0 unspecified atom stereocenters. The molecule has 0 saturated carbocycles. The van der Waals surface area contributed by atoms with Crippen LogP contribution in [0.4, 0.5) is 8.78 Å². The minimum Gasteiger partial charge on any atom is -0.321 e. The molecule has 1 aromatic rings. The molecule has 0 spiro atoms. The maximum Gasteiger partial charge on any atom is 0.263 e. The monoisotopic (exact) mass is 183 g/mol. The lowest BCUT2D eigenvalue weighted by Gasteiger charge is -2.08. The summed E-state index contributed by atoms with van der Waals surface area (Å²) in [6.45, 7) is 3.50. The molecular weight excluding hydrogens is 172 g/mol. The van der Waals surface area contributed by atoms with Gasteiger partial charge in [0.2, 0.25) is 0 Å². The Hall–Kier alpha value is -1.22. The van der Waals surface area contributed by atoms with Gasteiger partial charge in [0, 0.05) is 11.6 Å². The molecular formula is C10H11F2N. The molecule has 70 valence electrons. The van der Waals surface area contributed by atoms with Gasteiger partial charge >= 0.3 is 0 Å². The Morgan fingerprint density at radius 1 is 1.31 bits per heavy atom. The van der Waals surface area contributed by atoms with E-state index in [1.165, 1.54) is 18.2 Å². The van der Waals surface area contributed by atoms with Gasteiger partial charge in [-0.2, -0.15) is 0 Å². The second kappa shape index (κ2) is 4.14. The summed E-state index contributed by atoms with van der Waals surface area (Å²) < 4.78 is 24.5. The number of halogens is 2. The van der Waals surface area contributed by atoms with E-state index in [4.69, 9.17) is 5.73 Å². The predicted molar refractivity (Wildman–Crippen MR) is 48.5 cm³/mol. The zero-order valence-corrected chi connectivity index (χ0v) is 7.08. The van der Waals surface area contributed by atoms with Crippen LogP contribution in [0.2, 0.25) is 0 Å². The van der Waals surface area contributed by atoms with Crippen molar-refractivity contribution < 1.29 is 8.78 Å². The highest BCUT2D eigenvalue weighted by molar-refractivity contribution is 5.28. The zero-order chi connectivity index (χ0) is 9.84. The summed E-state index contributed by atoms with van der Waals surface area (Å²) >= 11 is 0. The van der Waals surface area contributed by atoms with Gasteiger partial charge in [-0.3, -0.25) is 0 Å². The highest BCUT2D eigenvalue weighted by Gasteiger charge is 2.08. The molecule has 2 N–H and O–H groups in total. The maximum absolute atomic E-state index is 12.2. The number of hydrogen-bond donors (Lipinski definition) is 1. The summed E-state index contributed by atoms with van der Waals surface area (Å²) in [4.78, 5) is 0. The van der Waals surface area contributed by atoms with Crippen LogP contribution >= 0.6 is 0 Å². The van der Waals surface area contributed by atoms with Crippen LogP contribution in [-0.4, -0.2) is 0 Å². The first-order valence-corrected chi connectivity index (χ1v) is 3.91. The number of rotatable bonds is 3. The third-order valence-electron chi connectivity index (χ3n) is 1.80. The minimum absolute atomic E-state index is 0.00481. The van der Waals surface area contributed by atoms with Crippen molar-refractivity contribution in [3.05, 3.63) is 48.0 Å². The van der Waals surface area contributed by atoms with Crippen molar-refractivity contribution in [1.29, 1.82) is 0 Å². The first kappa shape index (κ1) is 9.86. The van der Waals surface area contributed by atoms with E-state index in [9.17, 15) is 8.78 Å². The van der Waals surface area contributed by atoms with Crippen LogP contribution in [-0.2, 0) is 0 Å². The molecule has 1 aromatic carbocycles. The lowest BCUT2D eigenvalue weighted by molar-refractivity contribution is 0.151. The summed E-state index contributed by atoms with van der Waals surface area (Å²) in [5.41, 5.74) is 6.26. The Balaban J connectivity index is 2.97. The SMILES string of the molecule is C=C[C@@H](N)c1cccc(C(F)F)c1. The number of benzene rings is 1. The fraction of sp³-hybridized carbons (Fsp3) is 0.200. The highest BCUT2D eigenvalue weighted by atomic mass is 19.3. The van der Waals surface area contributed by atoms with E-state index in [-0.39, 0.29) is 11.6 Å². The van der Waals surface area contributed by atoms with Gasteiger partial charge in [0.25, 0.3) is 6.43 Å². The lowest BCUT2D eigenvalue weighted by Crippen LogP contribution is -2.06. The Labute approximate surface area is 75.9 Å². The van der Waals surface area contributed by atoms with Crippen LogP contribution in [0.5, 0.6) is 0 Å². The highest BCUT2D eigenvalue weighted by Crippen LogP contribution is 2.21. The molecule has 0 saturated heterocycles. The van der Waals surface area contributed by atoms with Gasteiger partial charge in [-0.25, -0.2) is 8.78 Å². The third-order valence-corrected chi connectivity index (χ3v) is 1.80. The molecule has 0 fully saturated rings. The van der Waals surface area contributed by atoms with Crippen LogP contribution in [0.15, 0.2) is 36.9 Å². The fourth-order valence-electron chi connectivity index (χ4n) is 1.04. The van der Waals surface area contributed by atoms with Gasteiger partial charge in [0.15, 0.2) is 0 Å². The van der Waals surface area contributed by atoms with Gasteiger partial charge in [0.05, 0.1) is 0 Å². The Kier molecular flexibility index (Phi) is 3.14. The molecule has 0 radical (unpaired) electrons. The third kappa shape index (κ3) is 2.36. The molecule has 0 aromatic heterocycles. The van der Waals surface area contributed by atoms with E-state index < -0.39 is 6.43 Å². The van der Waals surface area contributed by atoms with Crippen molar-refractivity contribution in [2.45, 2.75) is 12.5 Å². The van der Waals surface area contributed by atoms with Crippen molar-refractivity contribution in [2.24, 2.45) is 5.73 Å². The Morgan fingerprint density at radius 2 is 1.92 bits per heavy atom. The normalized spacial score (nSPS) is 12.9. The smallest absolute Gasteiger partial charge is 0.263 e. The average molecular weight is 183 g/mol. The van der Waals surface area contributed by atoms with Crippen molar-refractivity contribution in [2.75, 3.05) is 0 Å². The first-order chi connectivity index (χ1) is 6.15. The van der Waals surface area contributed by atoms with Gasteiger partial charge in [-0.1, -0.05) is 24.3 Å². The van der Waals surface area contributed by atoms with Crippen molar-refractivity contribution in [3.63, 3.8) is 0 Å². The molecule has 0 heterocycles. The average Bonchev–Trinajstić information content (AvgIpc) is 2.17. The fourth-order valence-corrected chi connectivity index (χ4v) is 1.04. The Bertz CT molecular complexity index is 297. The molecule has 0 bridgehead atoms. The van der Waals surface area contributed by atoms with Crippen LogP contribution in [0, 0.1) is 0 Å². The molecule has 0 aliphatic carbocycles. The molecule has 3 heteroatoms. The first-order valence-electron chi connectivity index (χ1n) is 3.91. The second-order valence-electron chi connectivity index (χ2n) is 2.73. The van der Waals surface area contributed by atoms with Gasteiger partial charge in [0.1, 0.15) is 0 Å². The van der Waals surface area contributed by atoms with E-state index in [0.29, 0.717) is 5.56 Å². The molecule has 0 amide bonds. The van der Waals surface area contributed by atoms with Crippen LogP contribution in [0.3, 0.4) is 0 Å². The quantitative estimate of drug-likeness (QED) is 0.716. The maximum atomic E-state index is 12.2. The zero-order valence-electron chi connectivity index (χ0n) is 7.08. The van der Waals surface area contributed by atoms with Crippen LogP contribution in [0.25, 0.3) is 0 Å². The molecule has 0 aliphatic heterocycles. The molecule has 0 aliphatic rings. The number of hydrogen-bond acceptors (Lipinski definition) is 1. The van der Waals surface area contributed by atoms with Crippen molar-refractivity contribution in [1.82, 2.24) is 0 Å². The van der Waals surface area contributed by atoms with Gasteiger partial charge in [-0.15, -0.1) is 6.58 Å². The van der Waals surface area contributed by atoms with Crippen molar-refractivity contribution >= 4 is 0 Å². The molecule has 13 heavy (non-hydrogen) atoms. The predicted octanol–water partition coefficient (Wildman–Crippen LogP) is 2.81. The summed E-state index contributed by atoms with van der Waals surface area (Å²) in [6, 6.07) is 5.68. The van der Waals surface area contributed by atoms with Crippen molar-refractivity contribution in [3.8, 4) is 0 Å². The van der Waals surface area contributed by atoms with Crippen LogP contribution < -0.4 is 5.73 Å². The van der Waals surface area contributed by atoms with E-state index in [0.717, 1.165) is 0 Å².